The minimum absolute atomic E-state index is 0.0153. The van der Waals surface area contributed by atoms with Gasteiger partial charge in [-0.25, -0.2) is 0 Å². The molecule has 0 fully saturated rings. The zero-order valence-electron chi connectivity index (χ0n) is 12.8. The van der Waals surface area contributed by atoms with Gasteiger partial charge in [0, 0.05) is 12.1 Å². The van der Waals surface area contributed by atoms with Crippen molar-refractivity contribution in [3.05, 3.63) is 29.7 Å². The minimum atomic E-state index is -0.775. The van der Waals surface area contributed by atoms with Crippen LogP contribution in [0.3, 0.4) is 0 Å². The van der Waals surface area contributed by atoms with Crippen molar-refractivity contribution in [3.63, 3.8) is 0 Å². The quantitative estimate of drug-likeness (QED) is 0.722. The molecule has 2 N–H and O–H groups in total. The summed E-state index contributed by atoms with van der Waals surface area (Å²) in [7, 11) is 0. The topological polar surface area (TPSA) is 79.5 Å². The number of aliphatic carboxylic acids is 1. The van der Waals surface area contributed by atoms with Crippen LogP contribution in [0.15, 0.2) is 22.6 Å². The number of furan rings is 1. The number of hydrogen-bond donors (Lipinski definition) is 2. The molecule has 0 radical (unpaired) electrons. The smallest absolute Gasteiger partial charge is 0.306 e. The predicted octanol–water partition coefficient (Wildman–Crippen LogP) is 3.00. The lowest BCUT2D eigenvalue weighted by Gasteiger charge is -2.13. The fourth-order valence-corrected chi connectivity index (χ4v) is 1.92. The number of carbonyl (C=O) groups excluding carboxylic acids is 1. The van der Waals surface area contributed by atoms with Gasteiger partial charge >= 0.3 is 5.97 Å². The summed E-state index contributed by atoms with van der Waals surface area (Å²) >= 11 is 0. The molecule has 1 rings (SSSR count). The van der Waals surface area contributed by atoms with Gasteiger partial charge in [0.15, 0.2) is 0 Å². The Balaban J connectivity index is 2.27. The third kappa shape index (κ3) is 6.79. The predicted molar refractivity (Wildman–Crippen MR) is 80.7 cm³/mol. The maximum atomic E-state index is 11.7. The molecular formula is C16H23NO4. The molecule has 0 saturated heterocycles. The third-order valence-electron chi connectivity index (χ3n) is 3.24. The second-order valence-electron chi connectivity index (χ2n) is 5.36. The molecule has 0 bridgehead atoms. The highest BCUT2D eigenvalue weighted by atomic mass is 16.4. The molecule has 1 amide bonds. The third-order valence-corrected chi connectivity index (χ3v) is 3.24. The highest BCUT2D eigenvalue weighted by Gasteiger charge is 2.11. The summed E-state index contributed by atoms with van der Waals surface area (Å²) in [5.74, 6) is 0.155. The van der Waals surface area contributed by atoms with Gasteiger partial charge < -0.3 is 14.8 Å². The lowest BCUT2D eigenvalue weighted by atomic mass is 10.0. The van der Waals surface area contributed by atoms with Gasteiger partial charge in [0.1, 0.15) is 11.5 Å². The molecule has 1 aromatic rings. The van der Waals surface area contributed by atoms with Gasteiger partial charge in [0.05, 0.1) is 5.92 Å². The molecular weight excluding hydrogens is 270 g/mol. The molecule has 5 nitrogen and oxygen atoms in total. The van der Waals surface area contributed by atoms with Crippen molar-refractivity contribution in [1.29, 1.82) is 0 Å². The van der Waals surface area contributed by atoms with Crippen LogP contribution in [-0.2, 0) is 9.59 Å². The van der Waals surface area contributed by atoms with Crippen LogP contribution in [0.4, 0.5) is 0 Å². The highest BCUT2D eigenvalue weighted by Crippen LogP contribution is 2.10. The first-order chi connectivity index (χ1) is 9.88. The Morgan fingerprint density at radius 2 is 2.05 bits per heavy atom. The van der Waals surface area contributed by atoms with Crippen LogP contribution in [0, 0.1) is 12.8 Å². The average molecular weight is 293 g/mol. The maximum Gasteiger partial charge on any atom is 0.306 e. The fourth-order valence-electron chi connectivity index (χ4n) is 1.92. The van der Waals surface area contributed by atoms with E-state index in [4.69, 9.17) is 9.52 Å². The maximum absolute atomic E-state index is 11.7. The van der Waals surface area contributed by atoms with Gasteiger partial charge in [-0.15, -0.1) is 0 Å². The Hall–Kier alpha value is -2.04. The van der Waals surface area contributed by atoms with Crippen molar-refractivity contribution < 1.29 is 19.1 Å². The van der Waals surface area contributed by atoms with Crippen LogP contribution in [-0.4, -0.2) is 23.0 Å². The molecule has 0 aliphatic heterocycles. The number of carboxylic acids is 1. The normalized spacial score (nSPS) is 14.0. The Kier molecular flexibility index (Phi) is 6.72. The number of amides is 1. The molecule has 1 heterocycles. The first kappa shape index (κ1) is 17.0. The molecule has 21 heavy (non-hydrogen) atoms. The molecule has 0 saturated carbocycles. The molecule has 0 aliphatic carbocycles. The molecule has 1 aromatic heterocycles. The molecule has 0 aliphatic rings. The fraction of sp³-hybridized carbons (Fsp3) is 0.500. The lowest BCUT2D eigenvalue weighted by Crippen LogP contribution is -2.31. The van der Waals surface area contributed by atoms with Crippen molar-refractivity contribution >= 4 is 18.0 Å². The number of nitrogens with one attached hydrogen (secondary N) is 1. The summed E-state index contributed by atoms with van der Waals surface area (Å²) in [6, 6.07) is 3.65. The summed E-state index contributed by atoms with van der Waals surface area (Å²) in [5, 5.41) is 11.6. The summed E-state index contributed by atoms with van der Waals surface area (Å²) < 4.78 is 5.33. The highest BCUT2D eigenvalue weighted by molar-refractivity contribution is 5.91. The monoisotopic (exact) mass is 293 g/mol. The van der Waals surface area contributed by atoms with E-state index in [-0.39, 0.29) is 17.9 Å². The van der Waals surface area contributed by atoms with Gasteiger partial charge in [-0.05, 0) is 44.9 Å². The Morgan fingerprint density at radius 1 is 1.33 bits per heavy atom. The van der Waals surface area contributed by atoms with Crippen molar-refractivity contribution in [2.45, 2.75) is 46.1 Å². The first-order valence-corrected chi connectivity index (χ1v) is 7.16. The van der Waals surface area contributed by atoms with Crippen LogP contribution in [0.5, 0.6) is 0 Å². The van der Waals surface area contributed by atoms with E-state index in [0.717, 1.165) is 18.6 Å². The number of aryl methyl sites for hydroxylation is 1. The van der Waals surface area contributed by atoms with Crippen molar-refractivity contribution in [2.24, 2.45) is 5.92 Å². The lowest BCUT2D eigenvalue weighted by molar-refractivity contribution is -0.141. The molecule has 2 atom stereocenters. The second kappa shape index (κ2) is 8.29. The summed E-state index contributed by atoms with van der Waals surface area (Å²) in [5.41, 5.74) is 0. The van der Waals surface area contributed by atoms with E-state index in [1.807, 2.05) is 19.9 Å². The SMILES string of the molecule is Cc1ccc(C=CC(=O)NC(C)CCCC(C)C(=O)O)o1. The largest absolute Gasteiger partial charge is 0.481 e. The van der Waals surface area contributed by atoms with Crippen LogP contribution in [0.2, 0.25) is 0 Å². The summed E-state index contributed by atoms with van der Waals surface area (Å²) in [4.78, 5) is 22.4. The number of rotatable bonds is 8. The van der Waals surface area contributed by atoms with E-state index in [9.17, 15) is 9.59 Å². The van der Waals surface area contributed by atoms with Gasteiger partial charge in [-0.3, -0.25) is 9.59 Å². The van der Waals surface area contributed by atoms with E-state index in [2.05, 4.69) is 5.32 Å². The Labute approximate surface area is 125 Å². The zero-order chi connectivity index (χ0) is 15.8. The minimum Gasteiger partial charge on any atom is -0.481 e. The van der Waals surface area contributed by atoms with Gasteiger partial charge in [-0.1, -0.05) is 13.3 Å². The van der Waals surface area contributed by atoms with Crippen LogP contribution in [0.1, 0.15) is 44.6 Å². The van der Waals surface area contributed by atoms with Crippen LogP contribution in [0.25, 0.3) is 6.08 Å². The van der Waals surface area contributed by atoms with E-state index < -0.39 is 5.97 Å². The van der Waals surface area contributed by atoms with E-state index in [1.54, 1.807) is 19.1 Å². The second-order valence-corrected chi connectivity index (χ2v) is 5.36. The average Bonchev–Trinajstić information content (AvgIpc) is 2.82. The van der Waals surface area contributed by atoms with Gasteiger partial charge in [0.25, 0.3) is 0 Å². The standard InChI is InChI=1S/C16H23NO4/c1-11(16(19)20)5-4-6-12(2)17-15(18)10-9-14-8-7-13(3)21-14/h7-12H,4-6H2,1-3H3,(H,17,18)(H,19,20). The van der Waals surface area contributed by atoms with Crippen molar-refractivity contribution in [1.82, 2.24) is 5.32 Å². The van der Waals surface area contributed by atoms with Crippen molar-refractivity contribution in [2.75, 3.05) is 0 Å². The van der Waals surface area contributed by atoms with Gasteiger partial charge in [0.2, 0.25) is 5.91 Å². The number of carboxylic acid groups (broad SMARTS) is 1. The number of hydrogen-bond acceptors (Lipinski definition) is 3. The summed E-state index contributed by atoms with van der Waals surface area (Å²) in [6.45, 7) is 5.45. The van der Waals surface area contributed by atoms with E-state index in [0.29, 0.717) is 12.2 Å². The van der Waals surface area contributed by atoms with Gasteiger partial charge in [-0.2, -0.15) is 0 Å². The molecule has 5 heteroatoms. The Bertz CT molecular complexity index is 504. The zero-order valence-corrected chi connectivity index (χ0v) is 12.8. The van der Waals surface area contributed by atoms with Crippen LogP contribution >= 0.6 is 0 Å². The molecule has 0 spiro atoms. The molecule has 116 valence electrons. The summed E-state index contributed by atoms with van der Waals surface area (Å²) in [6.07, 6.45) is 5.22. The first-order valence-electron chi connectivity index (χ1n) is 7.16. The molecule has 0 aromatic carbocycles. The Morgan fingerprint density at radius 3 is 2.62 bits per heavy atom. The molecule has 2 unspecified atom stereocenters. The van der Waals surface area contributed by atoms with Crippen molar-refractivity contribution in [3.8, 4) is 0 Å². The number of carbonyl (C=O) groups is 2. The van der Waals surface area contributed by atoms with E-state index in [1.165, 1.54) is 6.08 Å². The van der Waals surface area contributed by atoms with E-state index >= 15 is 0 Å². The van der Waals surface area contributed by atoms with Crippen LogP contribution < -0.4 is 5.32 Å².